The molecule has 0 saturated carbocycles. The van der Waals surface area contributed by atoms with Crippen molar-refractivity contribution in [3.05, 3.63) is 77.9 Å². The van der Waals surface area contributed by atoms with Gasteiger partial charge in [-0.05, 0) is 33.9 Å². The molecule has 1 N–H and O–H groups in total. The van der Waals surface area contributed by atoms with E-state index in [9.17, 15) is 0 Å². The highest BCUT2D eigenvalue weighted by atomic mass is 16.5. The number of anilines is 2. The Labute approximate surface area is 176 Å². The monoisotopic (exact) mass is 393 g/mol. The van der Waals surface area contributed by atoms with Crippen molar-refractivity contribution in [1.29, 1.82) is 5.41 Å². The van der Waals surface area contributed by atoms with E-state index in [2.05, 4.69) is 60.7 Å². The van der Waals surface area contributed by atoms with Crippen LogP contribution in [0.1, 0.15) is 11.1 Å². The quantitative estimate of drug-likeness (QED) is 0.302. The van der Waals surface area contributed by atoms with Gasteiger partial charge in [-0.2, -0.15) is 0 Å². The Morgan fingerprint density at radius 3 is 2.47 bits per heavy atom. The average molecular weight is 393 g/mol. The van der Waals surface area contributed by atoms with Gasteiger partial charge in [0.2, 0.25) is 5.96 Å². The van der Waals surface area contributed by atoms with Crippen molar-refractivity contribution in [1.82, 2.24) is 0 Å². The average Bonchev–Trinajstić information content (AvgIpc) is 3.23. The maximum absolute atomic E-state index is 8.90. The molecule has 4 aromatic rings. The topological polar surface area (TPSA) is 39.6 Å². The summed E-state index contributed by atoms with van der Waals surface area (Å²) in [6, 6.07) is 22.8. The molecule has 30 heavy (non-hydrogen) atoms. The first-order chi connectivity index (χ1) is 14.6. The molecular formula is C26H23N3O. The molecule has 4 aromatic carbocycles. The molecule has 0 fully saturated rings. The zero-order chi connectivity index (χ0) is 20.8. The van der Waals surface area contributed by atoms with E-state index >= 15 is 0 Å². The molecule has 0 radical (unpaired) electrons. The van der Waals surface area contributed by atoms with Gasteiger partial charge in [0, 0.05) is 36.8 Å². The number of ether oxygens (including phenoxy) is 1. The Kier molecular flexibility index (Phi) is 4.21. The predicted octanol–water partition coefficient (Wildman–Crippen LogP) is 5.99. The summed E-state index contributed by atoms with van der Waals surface area (Å²) in [5.41, 5.74) is 4.33. The van der Waals surface area contributed by atoms with Crippen molar-refractivity contribution in [2.75, 3.05) is 31.0 Å². The first kappa shape index (κ1) is 18.3. The zero-order valence-electron chi connectivity index (χ0n) is 17.3. The summed E-state index contributed by atoms with van der Waals surface area (Å²) >= 11 is 0. The van der Waals surface area contributed by atoms with E-state index in [0.29, 0.717) is 5.96 Å². The lowest BCUT2D eigenvalue weighted by Crippen LogP contribution is -2.40. The SMILES string of the molecule is COc1cc(N(C)C(=N)N(C)c2ccc3cccc4c3c2C=C4)cc2ccccc12. The highest BCUT2D eigenvalue weighted by Crippen LogP contribution is 2.38. The number of hydrogen-bond donors (Lipinski definition) is 1. The fourth-order valence-corrected chi connectivity index (χ4v) is 4.28. The molecule has 0 aliphatic heterocycles. The highest BCUT2D eigenvalue weighted by Gasteiger charge is 2.20. The van der Waals surface area contributed by atoms with Crippen LogP contribution in [0.3, 0.4) is 0 Å². The molecule has 0 saturated heterocycles. The van der Waals surface area contributed by atoms with Gasteiger partial charge < -0.3 is 14.5 Å². The number of nitrogens with zero attached hydrogens (tertiary/aromatic N) is 2. The Morgan fingerprint density at radius 2 is 1.63 bits per heavy atom. The Balaban J connectivity index is 1.54. The van der Waals surface area contributed by atoms with Gasteiger partial charge in [0.25, 0.3) is 0 Å². The minimum absolute atomic E-state index is 0.390. The Hall–Kier alpha value is -3.79. The van der Waals surface area contributed by atoms with E-state index in [0.717, 1.165) is 27.9 Å². The number of nitrogens with one attached hydrogen (secondary N) is 1. The molecular weight excluding hydrogens is 370 g/mol. The molecule has 0 heterocycles. The van der Waals surface area contributed by atoms with E-state index in [-0.39, 0.29) is 0 Å². The van der Waals surface area contributed by atoms with Gasteiger partial charge in [-0.15, -0.1) is 0 Å². The molecule has 5 rings (SSSR count). The number of benzene rings is 4. The number of hydrogen-bond acceptors (Lipinski definition) is 2. The molecule has 148 valence electrons. The van der Waals surface area contributed by atoms with Crippen molar-refractivity contribution < 1.29 is 4.74 Å². The fourth-order valence-electron chi connectivity index (χ4n) is 4.28. The number of fused-ring (bicyclic) bond motifs is 1. The van der Waals surface area contributed by atoms with Crippen LogP contribution in [0.4, 0.5) is 11.4 Å². The normalized spacial score (nSPS) is 11.8. The Morgan fingerprint density at radius 1 is 0.833 bits per heavy atom. The highest BCUT2D eigenvalue weighted by molar-refractivity contribution is 6.13. The molecule has 0 unspecified atom stereocenters. The molecule has 1 aliphatic rings. The minimum atomic E-state index is 0.390. The molecule has 1 aliphatic carbocycles. The molecule has 0 atom stereocenters. The summed E-state index contributed by atoms with van der Waals surface area (Å²) in [5, 5.41) is 13.5. The van der Waals surface area contributed by atoms with Crippen LogP contribution in [0.15, 0.2) is 66.7 Å². The summed E-state index contributed by atoms with van der Waals surface area (Å²) in [6.07, 6.45) is 4.30. The first-order valence-electron chi connectivity index (χ1n) is 9.95. The summed E-state index contributed by atoms with van der Waals surface area (Å²) in [5.74, 6) is 1.20. The fraction of sp³-hybridized carbons (Fsp3) is 0.115. The van der Waals surface area contributed by atoms with Crippen molar-refractivity contribution in [2.24, 2.45) is 0 Å². The van der Waals surface area contributed by atoms with Crippen LogP contribution < -0.4 is 14.5 Å². The lowest BCUT2D eigenvalue weighted by Gasteiger charge is -2.29. The van der Waals surface area contributed by atoms with Crippen LogP contribution in [0.2, 0.25) is 0 Å². The van der Waals surface area contributed by atoms with Crippen LogP contribution in [-0.4, -0.2) is 27.2 Å². The smallest absolute Gasteiger partial charge is 0.202 e. The lowest BCUT2D eigenvalue weighted by atomic mass is 10.0. The molecule has 0 spiro atoms. The Bertz CT molecular complexity index is 1340. The number of methoxy groups -OCH3 is 1. The standard InChI is InChI=1S/C26H23N3O/c1-28(20-15-19-7-4-5-10-21(19)24(16-20)30-3)26(27)29(2)23-14-12-18-9-6-8-17-11-13-22(23)25(17)18/h4-16,27H,1-3H3. The van der Waals surface area contributed by atoms with Crippen molar-refractivity contribution in [2.45, 2.75) is 0 Å². The van der Waals surface area contributed by atoms with E-state index in [1.165, 1.54) is 21.9 Å². The van der Waals surface area contributed by atoms with Gasteiger partial charge in [0.1, 0.15) is 5.75 Å². The van der Waals surface area contributed by atoms with Gasteiger partial charge in [-0.3, -0.25) is 5.41 Å². The zero-order valence-corrected chi connectivity index (χ0v) is 17.3. The van der Waals surface area contributed by atoms with Gasteiger partial charge in [0.05, 0.1) is 12.8 Å². The molecule has 0 amide bonds. The maximum atomic E-state index is 8.90. The van der Waals surface area contributed by atoms with Crippen LogP contribution in [0, 0.1) is 5.41 Å². The summed E-state index contributed by atoms with van der Waals surface area (Å²) in [4.78, 5) is 3.82. The van der Waals surface area contributed by atoms with Crippen molar-refractivity contribution in [3.63, 3.8) is 0 Å². The molecule has 0 aromatic heterocycles. The van der Waals surface area contributed by atoms with Gasteiger partial charge in [-0.25, -0.2) is 0 Å². The van der Waals surface area contributed by atoms with Crippen LogP contribution in [0.25, 0.3) is 33.7 Å². The first-order valence-corrected chi connectivity index (χ1v) is 9.95. The summed E-state index contributed by atoms with van der Waals surface area (Å²) in [7, 11) is 5.55. The van der Waals surface area contributed by atoms with E-state index in [1.807, 2.05) is 42.1 Å². The maximum Gasteiger partial charge on any atom is 0.202 e. The van der Waals surface area contributed by atoms with E-state index in [4.69, 9.17) is 10.1 Å². The lowest BCUT2D eigenvalue weighted by molar-refractivity contribution is 0.420. The largest absolute Gasteiger partial charge is 0.496 e. The van der Waals surface area contributed by atoms with Gasteiger partial charge >= 0.3 is 0 Å². The molecule has 4 nitrogen and oxygen atoms in total. The van der Waals surface area contributed by atoms with Crippen molar-refractivity contribution >= 4 is 51.0 Å². The second-order valence-electron chi connectivity index (χ2n) is 7.59. The second kappa shape index (κ2) is 6.92. The third-order valence-electron chi connectivity index (χ3n) is 5.94. The third-order valence-corrected chi connectivity index (χ3v) is 5.94. The summed E-state index contributed by atoms with van der Waals surface area (Å²) < 4.78 is 5.61. The van der Waals surface area contributed by atoms with Crippen LogP contribution >= 0.6 is 0 Å². The predicted molar refractivity (Wildman–Crippen MR) is 128 cm³/mol. The number of rotatable bonds is 3. The second-order valence-corrected chi connectivity index (χ2v) is 7.59. The van der Waals surface area contributed by atoms with Gasteiger partial charge in [-0.1, -0.05) is 60.7 Å². The third kappa shape index (κ3) is 2.72. The molecule has 0 bridgehead atoms. The minimum Gasteiger partial charge on any atom is -0.496 e. The summed E-state index contributed by atoms with van der Waals surface area (Å²) in [6.45, 7) is 0. The van der Waals surface area contributed by atoms with E-state index in [1.54, 1.807) is 7.11 Å². The molecule has 4 heteroatoms. The van der Waals surface area contributed by atoms with Gasteiger partial charge in [0.15, 0.2) is 0 Å². The van der Waals surface area contributed by atoms with Crippen LogP contribution in [0.5, 0.6) is 5.75 Å². The van der Waals surface area contributed by atoms with E-state index < -0.39 is 0 Å². The van der Waals surface area contributed by atoms with Crippen molar-refractivity contribution in [3.8, 4) is 5.75 Å². The van der Waals surface area contributed by atoms with Crippen LogP contribution in [-0.2, 0) is 0 Å². The number of guanidine groups is 1.